The predicted octanol–water partition coefficient (Wildman–Crippen LogP) is 1.99. The molecule has 7 heteroatoms. The minimum Gasteiger partial charge on any atom is -0.481 e. The summed E-state index contributed by atoms with van der Waals surface area (Å²) in [5.41, 5.74) is 8.12. The van der Waals surface area contributed by atoms with Crippen molar-refractivity contribution in [1.82, 2.24) is 15.0 Å². The molecule has 0 bridgehead atoms. The molecule has 0 saturated carbocycles. The van der Waals surface area contributed by atoms with Crippen LogP contribution in [0.2, 0.25) is 0 Å². The molecular weight excluding hydrogens is 296 g/mol. The summed E-state index contributed by atoms with van der Waals surface area (Å²) in [5, 5.41) is 4.06. The zero-order chi connectivity index (χ0) is 16.4. The average molecular weight is 316 g/mol. The van der Waals surface area contributed by atoms with E-state index in [0.29, 0.717) is 30.4 Å². The molecular formula is C16H20N4O3. The van der Waals surface area contributed by atoms with Crippen LogP contribution in [0.25, 0.3) is 0 Å². The zero-order valence-corrected chi connectivity index (χ0v) is 13.3. The molecule has 1 fully saturated rings. The molecule has 7 nitrogen and oxygen atoms in total. The summed E-state index contributed by atoms with van der Waals surface area (Å²) in [5.74, 6) is 1.16. The van der Waals surface area contributed by atoms with Crippen LogP contribution in [0.15, 0.2) is 22.9 Å². The van der Waals surface area contributed by atoms with Gasteiger partial charge in [-0.15, -0.1) is 0 Å². The van der Waals surface area contributed by atoms with E-state index in [9.17, 15) is 4.79 Å². The number of anilines is 1. The van der Waals surface area contributed by atoms with Crippen molar-refractivity contribution in [3.05, 3.63) is 35.2 Å². The van der Waals surface area contributed by atoms with E-state index in [-0.39, 0.29) is 11.8 Å². The van der Waals surface area contributed by atoms with Crippen LogP contribution in [-0.4, -0.2) is 41.1 Å². The molecule has 1 aliphatic rings. The second-order valence-corrected chi connectivity index (χ2v) is 5.71. The Hall–Kier alpha value is -2.57. The first-order valence-corrected chi connectivity index (χ1v) is 7.61. The summed E-state index contributed by atoms with van der Waals surface area (Å²) in [4.78, 5) is 18.4. The maximum Gasteiger partial charge on any atom is 0.255 e. The number of nitrogens with zero attached hydrogens (tertiary/aromatic N) is 3. The van der Waals surface area contributed by atoms with Crippen molar-refractivity contribution in [1.29, 1.82) is 0 Å². The quantitative estimate of drug-likeness (QED) is 0.930. The third kappa shape index (κ3) is 2.99. The third-order valence-electron chi connectivity index (χ3n) is 4.36. The molecule has 23 heavy (non-hydrogen) atoms. The lowest BCUT2D eigenvalue weighted by molar-refractivity contribution is 0.0711. The maximum absolute atomic E-state index is 12.5. The first kappa shape index (κ1) is 15.3. The van der Waals surface area contributed by atoms with Gasteiger partial charge in [0.1, 0.15) is 0 Å². The van der Waals surface area contributed by atoms with E-state index >= 15 is 0 Å². The number of amides is 1. The van der Waals surface area contributed by atoms with E-state index in [0.717, 1.165) is 24.1 Å². The number of methoxy groups -OCH3 is 1. The summed E-state index contributed by atoms with van der Waals surface area (Å²) in [6.45, 7) is 3.28. The molecule has 0 atom stereocenters. The molecule has 0 aliphatic carbocycles. The van der Waals surface area contributed by atoms with Crippen LogP contribution < -0.4 is 10.5 Å². The van der Waals surface area contributed by atoms with Gasteiger partial charge in [0.2, 0.25) is 11.8 Å². The van der Waals surface area contributed by atoms with Crippen molar-refractivity contribution in [3.63, 3.8) is 0 Å². The lowest BCUT2D eigenvalue weighted by Crippen LogP contribution is -2.38. The average Bonchev–Trinajstić information content (AvgIpc) is 2.94. The van der Waals surface area contributed by atoms with Crippen LogP contribution >= 0.6 is 0 Å². The van der Waals surface area contributed by atoms with Crippen LogP contribution in [0.4, 0.5) is 5.88 Å². The topological polar surface area (TPSA) is 94.5 Å². The van der Waals surface area contributed by atoms with E-state index < -0.39 is 0 Å². The maximum atomic E-state index is 12.5. The minimum atomic E-state index is -0.00464. The largest absolute Gasteiger partial charge is 0.481 e. The number of rotatable bonds is 3. The van der Waals surface area contributed by atoms with Crippen molar-refractivity contribution in [3.8, 4) is 5.88 Å². The van der Waals surface area contributed by atoms with Gasteiger partial charge in [-0.25, -0.2) is 4.98 Å². The summed E-state index contributed by atoms with van der Waals surface area (Å²) < 4.78 is 10.0. The van der Waals surface area contributed by atoms with Gasteiger partial charge in [0.15, 0.2) is 0 Å². The van der Waals surface area contributed by atoms with Gasteiger partial charge in [-0.1, -0.05) is 5.16 Å². The molecule has 2 aromatic rings. The molecule has 3 rings (SSSR count). The summed E-state index contributed by atoms with van der Waals surface area (Å²) in [7, 11) is 1.55. The number of aromatic nitrogens is 2. The fourth-order valence-electron chi connectivity index (χ4n) is 2.91. The van der Waals surface area contributed by atoms with E-state index in [4.69, 9.17) is 15.0 Å². The van der Waals surface area contributed by atoms with Crippen LogP contribution in [0, 0.1) is 6.92 Å². The van der Waals surface area contributed by atoms with Crippen molar-refractivity contribution in [2.45, 2.75) is 25.7 Å². The van der Waals surface area contributed by atoms with Crippen molar-refractivity contribution in [2.24, 2.45) is 0 Å². The highest BCUT2D eigenvalue weighted by molar-refractivity contribution is 5.94. The molecule has 1 aliphatic heterocycles. The molecule has 0 unspecified atom stereocenters. The highest BCUT2D eigenvalue weighted by Gasteiger charge is 2.28. The Balaban J connectivity index is 1.64. The van der Waals surface area contributed by atoms with E-state index in [1.165, 1.54) is 0 Å². The number of ether oxygens (including phenoxy) is 1. The van der Waals surface area contributed by atoms with Crippen LogP contribution in [0.5, 0.6) is 5.88 Å². The Morgan fingerprint density at radius 1 is 1.39 bits per heavy atom. The van der Waals surface area contributed by atoms with Gasteiger partial charge in [0.05, 0.1) is 18.4 Å². The van der Waals surface area contributed by atoms with Crippen molar-refractivity contribution in [2.75, 3.05) is 25.9 Å². The Labute approximate surface area is 134 Å². The fraction of sp³-hybridized carbons (Fsp3) is 0.438. The number of nitrogens with two attached hydrogens (primary N) is 1. The second-order valence-electron chi connectivity index (χ2n) is 5.71. The monoisotopic (exact) mass is 316 g/mol. The molecule has 122 valence electrons. The molecule has 3 heterocycles. The number of piperidine rings is 1. The Kier molecular flexibility index (Phi) is 4.18. The first-order valence-electron chi connectivity index (χ1n) is 7.61. The highest BCUT2D eigenvalue weighted by atomic mass is 16.5. The van der Waals surface area contributed by atoms with E-state index in [2.05, 4.69) is 10.1 Å². The van der Waals surface area contributed by atoms with Gasteiger partial charge in [0, 0.05) is 36.8 Å². The van der Waals surface area contributed by atoms with Gasteiger partial charge in [-0.3, -0.25) is 4.79 Å². The molecule has 2 N–H and O–H groups in total. The highest BCUT2D eigenvalue weighted by Crippen LogP contribution is 2.31. The normalized spacial score (nSPS) is 15.7. The lowest BCUT2D eigenvalue weighted by Gasteiger charge is -2.31. The number of likely N-dealkylation sites (tertiary alicyclic amines) is 1. The number of carbonyl (C=O) groups excluding carboxylic acids is 1. The SMILES string of the molecule is COc1ccc(C(=O)N2CCC(c3noc(N)c3C)CC2)cn1. The molecule has 2 aromatic heterocycles. The smallest absolute Gasteiger partial charge is 0.255 e. The van der Waals surface area contributed by atoms with Crippen molar-refractivity contribution < 1.29 is 14.1 Å². The number of carbonyl (C=O) groups is 1. The summed E-state index contributed by atoms with van der Waals surface area (Å²) in [6, 6.07) is 3.43. The summed E-state index contributed by atoms with van der Waals surface area (Å²) in [6.07, 6.45) is 3.25. The summed E-state index contributed by atoms with van der Waals surface area (Å²) >= 11 is 0. The molecule has 1 saturated heterocycles. The molecule has 0 aromatic carbocycles. The number of pyridine rings is 1. The van der Waals surface area contributed by atoms with Crippen LogP contribution in [-0.2, 0) is 0 Å². The third-order valence-corrected chi connectivity index (χ3v) is 4.36. The Morgan fingerprint density at radius 3 is 2.65 bits per heavy atom. The number of hydrogen-bond acceptors (Lipinski definition) is 6. The fourth-order valence-corrected chi connectivity index (χ4v) is 2.91. The van der Waals surface area contributed by atoms with E-state index in [1.54, 1.807) is 25.4 Å². The van der Waals surface area contributed by atoms with Gasteiger partial charge < -0.3 is 19.9 Å². The van der Waals surface area contributed by atoms with Crippen molar-refractivity contribution >= 4 is 11.8 Å². The standard InChI is InChI=1S/C16H20N4O3/c1-10-14(19-23-15(10)17)11-5-7-20(8-6-11)16(21)12-3-4-13(22-2)18-9-12/h3-4,9,11H,5-8,17H2,1-2H3. The molecule has 1 amide bonds. The predicted molar refractivity (Wildman–Crippen MR) is 84.3 cm³/mol. The minimum absolute atomic E-state index is 0.00464. The molecule has 0 radical (unpaired) electrons. The first-order chi connectivity index (χ1) is 11.1. The van der Waals surface area contributed by atoms with Gasteiger partial charge in [0.25, 0.3) is 5.91 Å². The molecule has 0 spiro atoms. The van der Waals surface area contributed by atoms with Gasteiger partial charge in [-0.05, 0) is 25.8 Å². The van der Waals surface area contributed by atoms with E-state index in [1.807, 2.05) is 11.8 Å². The Bertz CT molecular complexity index is 688. The van der Waals surface area contributed by atoms with Crippen LogP contribution in [0.1, 0.15) is 40.4 Å². The lowest BCUT2D eigenvalue weighted by atomic mass is 9.91. The van der Waals surface area contributed by atoms with Gasteiger partial charge >= 0.3 is 0 Å². The second kappa shape index (κ2) is 6.28. The number of nitrogen functional groups attached to an aromatic ring is 1. The zero-order valence-electron chi connectivity index (χ0n) is 13.3. The number of hydrogen-bond donors (Lipinski definition) is 1. The van der Waals surface area contributed by atoms with Crippen LogP contribution in [0.3, 0.4) is 0 Å². The Morgan fingerprint density at radius 2 is 2.13 bits per heavy atom. The van der Waals surface area contributed by atoms with Gasteiger partial charge in [-0.2, -0.15) is 0 Å².